The van der Waals surface area contributed by atoms with Crippen molar-refractivity contribution in [2.75, 3.05) is 7.11 Å². The molecule has 124 valence electrons. The van der Waals surface area contributed by atoms with Crippen LogP contribution in [0.15, 0.2) is 47.5 Å². The molecule has 0 radical (unpaired) electrons. The van der Waals surface area contributed by atoms with Gasteiger partial charge in [-0.15, -0.1) is 0 Å². The highest BCUT2D eigenvalue weighted by atomic mass is 16.5. The maximum atomic E-state index is 12.3. The van der Waals surface area contributed by atoms with Gasteiger partial charge in [0, 0.05) is 30.2 Å². The van der Waals surface area contributed by atoms with Crippen LogP contribution in [0, 0.1) is 0 Å². The highest BCUT2D eigenvalue weighted by Crippen LogP contribution is 2.23. The highest BCUT2D eigenvalue weighted by Gasteiger charge is 2.18. The molecule has 0 bridgehead atoms. The van der Waals surface area contributed by atoms with E-state index in [1.54, 1.807) is 48.7 Å². The van der Waals surface area contributed by atoms with Crippen LogP contribution in [-0.4, -0.2) is 32.9 Å². The second-order valence-corrected chi connectivity index (χ2v) is 5.19. The Kier molecular flexibility index (Phi) is 4.55. The van der Waals surface area contributed by atoms with E-state index in [9.17, 15) is 4.79 Å². The zero-order chi connectivity index (χ0) is 16.9. The quantitative estimate of drug-likeness (QED) is 0.742. The minimum Gasteiger partial charge on any atom is -0.495 e. The molecule has 0 aliphatic rings. The summed E-state index contributed by atoms with van der Waals surface area (Å²) in [6.45, 7) is 2.28. The number of aromatic nitrogens is 4. The second-order valence-electron chi connectivity index (χ2n) is 5.19. The van der Waals surface area contributed by atoms with Crippen LogP contribution in [0.2, 0.25) is 0 Å². The average Bonchev–Trinajstić information content (AvgIpc) is 3.27. The molecule has 1 unspecified atom stereocenters. The lowest BCUT2D eigenvalue weighted by molar-refractivity contribution is 0.0930. The number of carbonyl (C=O) groups is 1. The van der Waals surface area contributed by atoms with E-state index < -0.39 is 0 Å². The van der Waals surface area contributed by atoms with Crippen LogP contribution >= 0.6 is 0 Å². The zero-order valence-electron chi connectivity index (χ0n) is 13.3. The van der Waals surface area contributed by atoms with E-state index in [1.165, 1.54) is 0 Å². The maximum Gasteiger partial charge on any atom is 0.273 e. The summed E-state index contributed by atoms with van der Waals surface area (Å²) in [4.78, 5) is 16.3. The number of hydrogen-bond donors (Lipinski definition) is 1. The van der Waals surface area contributed by atoms with Crippen LogP contribution in [0.5, 0.6) is 5.75 Å². The summed E-state index contributed by atoms with van der Waals surface area (Å²) < 4.78 is 12.1. The molecule has 1 amide bonds. The lowest BCUT2D eigenvalue weighted by atomic mass is 10.1. The number of pyridine rings is 1. The number of ether oxygens (including phenoxy) is 1. The van der Waals surface area contributed by atoms with Crippen LogP contribution < -0.4 is 10.1 Å². The fraction of sp³-hybridized carbons (Fsp3) is 0.250. The standard InChI is InChI=1S/C16H17N5O3/c1-11(13-4-6-17-9-15(13)23-2)19-16(22)14-8-12(24-20-14)10-21-7-3-5-18-21/h3-9,11H,10H2,1-2H3,(H,19,22). The lowest BCUT2D eigenvalue weighted by Crippen LogP contribution is -2.27. The number of nitrogens with zero attached hydrogens (tertiary/aromatic N) is 4. The second kappa shape index (κ2) is 6.95. The van der Waals surface area contributed by atoms with Crippen LogP contribution in [0.1, 0.15) is 34.8 Å². The van der Waals surface area contributed by atoms with Crippen molar-refractivity contribution >= 4 is 5.91 Å². The van der Waals surface area contributed by atoms with Gasteiger partial charge in [0.2, 0.25) is 0 Å². The number of hydrogen-bond acceptors (Lipinski definition) is 6. The summed E-state index contributed by atoms with van der Waals surface area (Å²) >= 11 is 0. The van der Waals surface area contributed by atoms with E-state index in [-0.39, 0.29) is 17.6 Å². The van der Waals surface area contributed by atoms with Crippen molar-refractivity contribution in [2.24, 2.45) is 0 Å². The number of rotatable bonds is 6. The molecule has 3 heterocycles. The number of nitrogens with one attached hydrogen (secondary N) is 1. The van der Waals surface area contributed by atoms with E-state index >= 15 is 0 Å². The van der Waals surface area contributed by atoms with E-state index in [4.69, 9.17) is 9.26 Å². The van der Waals surface area contributed by atoms with Gasteiger partial charge < -0.3 is 14.6 Å². The molecule has 0 saturated heterocycles. The normalized spacial score (nSPS) is 11.9. The SMILES string of the molecule is COc1cnccc1C(C)NC(=O)c1cc(Cn2cccn2)on1. The molecule has 0 aromatic carbocycles. The Morgan fingerprint density at radius 3 is 3.08 bits per heavy atom. The predicted octanol–water partition coefficient (Wildman–Crippen LogP) is 1.81. The molecule has 0 fully saturated rings. The Hall–Kier alpha value is -3.16. The number of methoxy groups -OCH3 is 1. The Labute approximate surface area is 138 Å². The Morgan fingerprint density at radius 1 is 1.46 bits per heavy atom. The highest BCUT2D eigenvalue weighted by molar-refractivity contribution is 5.92. The third kappa shape index (κ3) is 3.43. The maximum absolute atomic E-state index is 12.3. The molecule has 24 heavy (non-hydrogen) atoms. The molecular formula is C16H17N5O3. The van der Waals surface area contributed by atoms with Gasteiger partial charge in [0.25, 0.3) is 5.91 Å². The van der Waals surface area contributed by atoms with E-state index in [0.717, 1.165) is 5.56 Å². The van der Waals surface area contributed by atoms with Crippen molar-refractivity contribution in [3.63, 3.8) is 0 Å². The summed E-state index contributed by atoms with van der Waals surface area (Å²) in [5, 5.41) is 10.8. The van der Waals surface area contributed by atoms with Gasteiger partial charge in [0.05, 0.1) is 19.3 Å². The zero-order valence-corrected chi connectivity index (χ0v) is 13.3. The van der Waals surface area contributed by atoms with Gasteiger partial charge >= 0.3 is 0 Å². The molecule has 0 aliphatic heterocycles. The Bertz CT molecular complexity index is 813. The summed E-state index contributed by atoms with van der Waals surface area (Å²) in [6, 6.07) is 4.96. The minimum absolute atomic E-state index is 0.219. The van der Waals surface area contributed by atoms with E-state index in [2.05, 4.69) is 20.6 Å². The van der Waals surface area contributed by atoms with Gasteiger partial charge in [-0.25, -0.2) is 0 Å². The van der Waals surface area contributed by atoms with E-state index in [0.29, 0.717) is 18.1 Å². The smallest absolute Gasteiger partial charge is 0.273 e. The molecule has 0 spiro atoms. The molecule has 3 rings (SSSR count). The molecule has 1 N–H and O–H groups in total. The molecule has 0 saturated carbocycles. The molecule has 3 aromatic heterocycles. The lowest BCUT2D eigenvalue weighted by Gasteiger charge is -2.15. The van der Waals surface area contributed by atoms with Crippen molar-refractivity contribution in [3.05, 3.63) is 60.0 Å². The predicted molar refractivity (Wildman–Crippen MR) is 84.5 cm³/mol. The fourth-order valence-electron chi connectivity index (χ4n) is 2.32. The summed E-state index contributed by atoms with van der Waals surface area (Å²) in [5.41, 5.74) is 1.05. The summed E-state index contributed by atoms with van der Waals surface area (Å²) in [5.74, 6) is 0.847. The molecule has 8 nitrogen and oxygen atoms in total. The van der Waals surface area contributed by atoms with Crippen molar-refractivity contribution in [3.8, 4) is 5.75 Å². The molecule has 3 aromatic rings. The average molecular weight is 327 g/mol. The van der Waals surface area contributed by atoms with Gasteiger partial charge in [-0.2, -0.15) is 5.10 Å². The van der Waals surface area contributed by atoms with Crippen molar-refractivity contribution in [1.82, 2.24) is 25.2 Å². The Morgan fingerprint density at radius 2 is 2.33 bits per heavy atom. The van der Waals surface area contributed by atoms with Gasteiger partial charge in [0.1, 0.15) is 12.3 Å². The molecular weight excluding hydrogens is 310 g/mol. The third-order valence-electron chi connectivity index (χ3n) is 3.52. The summed E-state index contributed by atoms with van der Waals surface area (Å²) in [7, 11) is 1.56. The van der Waals surface area contributed by atoms with Crippen LogP contribution in [0.4, 0.5) is 0 Å². The molecule has 8 heteroatoms. The van der Waals surface area contributed by atoms with Gasteiger partial charge in [0.15, 0.2) is 11.5 Å². The van der Waals surface area contributed by atoms with Crippen LogP contribution in [0.25, 0.3) is 0 Å². The van der Waals surface area contributed by atoms with Crippen LogP contribution in [-0.2, 0) is 6.54 Å². The number of amides is 1. The molecule has 0 aliphatic carbocycles. The third-order valence-corrected chi connectivity index (χ3v) is 3.52. The topological polar surface area (TPSA) is 95.1 Å². The summed E-state index contributed by atoms with van der Waals surface area (Å²) in [6.07, 6.45) is 6.74. The van der Waals surface area contributed by atoms with Crippen molar-refractivity contribution in [1.29, 1.82) is 0 Å². The fourth-order valence-corrected chi connectivity index (χ4v) is 2.32. The first-order chi connectivity index (χ1) is 11.7. The Balaban J connectivity index is 1.67. The van der Waals surface area contributed by atoms with Crippen molar-refractivity contribution < 1.29 is 14.1 Å². The minimum atomic E-state index is -0.322. The largest absolute Gasteiger partial charge is 0.495 e. The van der Waals surface area contributed by atoms with Gasteiger partial charge in [-0.1, -0.05) is 5.16 Å². The monoisotopic (exact) mass is 327 g/mol. The first kappa shape index (κ1) is 15.7. The van der Waals surface area contributed by atoms with Gasteiger partial charge in [-0.05, 0) is 19.1 Å². The first-order valence-electron chi connectivity index (χ1n) is 7.39. The van der Waals surface area contributed by atoms with E-state index in [1.807, 2.05) is 13.0 Å². The van der Waals surface area contributed by atoms with Crippen molar-refractivity contribution in [2.45, 2.75) is 19.5 Å². The van der Waals surface area contributed by atoms with Gasteiger partial charge in [-0.3, -0.25) is 14.5 Å². The molecule has 1 atom stereocenters. The van der Waals surface area contributed by atoms with Crippen LogP contribution in [0.3, 0.4) is 0 Å². The first-order valence-corrected chi connectivity index (χ1v) is 7.39. The number of carbonyl (C=O) groups excluding carboxylic acids is 1.